The summed E-state index contributed by atoms with van der Waals surface area (Å²) in [4.78, 5) is 11.1. The van der Waals surface area contributed by atoms with Crippen LogP contribution in [0.1, 0.15) is 28.9 Å². The molecule has 0 aromatic heterocycles. The van der Waals surface area contributed by atoms with E-state index in [0.717, 1.165) is 0 Å². The maximum Gasteiger partial charge on any atom is 0.159 e. The minimum Gasteiger partial charge on any atom is -0.398 e. The second-order valence-corrected chi connectivity index (χ2v) is 4.21. The average Bonchev–Trinajstić information content (AvgIpc) is 2.26. The largest absolute Gasteiger partial charge is 0.398 e. The van der Waals surface area contributed by atoms with Crippen LogP contribution < -0.4 is 5.73 Å². The smallest absolute Gasteiger partial charge is 0.159 e. The summed E-state index contributed by atoms with van der Waals surface area (Å²) in [6.07, 6.45) is -1.98. The van der Waals surface area contributed by atoms with Gasteiger partial charge >= 0.3 is 0 Å². The Morgan fingerprint density at radius 2 is 2.12 bits per heavy atom. The molecule has 0 saturated carbocycles. The van der Waals surface area contributed by atoms with Crippen LogP contribution in [0.25, 0.3) is 0 Å². The summed E-state index contributed by atoms with van der Waals surface area (Å²) in [5.41, 5.74) is 6.94. The predicted octanol–water partition coefficient (Wildman–Crippen LogP) is 1.26. The molecule has 4 nitrogen and oxygen atoms in total. The van der Waals surface area contributed by atoms with Gasteiger partial charge in [-0.2, -0.15) is 0 Å². The van der Waals surface area contributed by atoms with Gasteiger partial charge in [-0.15, -0.1) is 0 Å². The van der Waals surface area contributed by atoms with E-state index in [9.17, 15) is 15.0 Å². The lowest BCUT2D eigenvalue weighted by molar-refractivity contribution is 0.0347. The van der Waals surface area contributed by atoms with Crippen LogP contribution in [0.3, 0.4) is 0 Å². The molecule has 0 radical (unpaired) electrons. The van der Waals surface area contributed by atoms with E-state index in [0.29, 0.717) is 16.8 Å². The van der Waals surface area contributed by atoms with Crippen molar-refractivity contribution < 1.29 is 15.0 Å². The fourth-order valence-electron chi connectivity index (χ4n) is 1.35. The van der Waals surface area contributed by atoms with Gasteiger partial charge in [0.15, 0.2) is 5.78 Å². The number of Topliss-reactive ketones (excluding diaryl/α,β-unsaturated/α-hetero) is 1. The molecule has 1 rings (SSSR count). The summed E-state index contributed by atoms with van der Waals surface area (Å²) in [5.74, 6) is -0.0891. The average molecular weight is 288 g/mol. The number of carbonyl (C=O) groups is 1. The zero-order chi connectivity index (χ0) is 12.3. The van der Waals surface area contributed by atoms with Crippen molar-refractivity contribution in [2.45, 2.75) is 19.1 Å². The quantitative estimate of drug-likeness (QED) is 0.442. The highest BCUT2D eigenvalue weighted by molar-refractivity contribution is 9.09. The third kappa shape index (κ3) is 2.81. The second-order valence-electron chi connectivity index (χ2n) is 3.57. The van der Waals surface area contributed by atoms with Crippen LogP contribution in [-0.4, -0.2) is 27.4 Å². The number of nitrogen functional groups attached to an aromatic ring is 1. The molecule has 5 heteroatoms. The summed E-state index contributed by atoms with van der Waals surface area (Å²) < 4.78 is 0. The van der Waals surface area contributed by atoms with Crippen molar-refractivity contribution in [1.82, 2.24) is 0 Å². The van der Waals surface area contributed by atoms with E-state index >= 15 is 0 Å². The summed E-state index contributed by atoms with van der Waals surface area (Å²) in [6.45, 7) is 1.44. The van der Waals surface area contributed by atoms with E-state index in [4.69, 9.17) is 5.73 Å². The van der Waals surface area contributed by atoms with Crippen LogP contribution in [0.2, 0.25) is 0 Å². The van der Waals surface area contributed by atoms with Crippen molar-refractivity contribution in [2.24, 2.45) is 0 Å². The van der Waals surface area contributed by atoms with Crippen molar-refractivity contribution >= 4 is 27.4 Å². The fourth-order valence-corrected chi connectivity index (χ4v) is 1.71. The number of carbonyl (C=O) groups excluding carboxylic acids is 1. The predicted molar refractivity (Wildman–Crippen MR) is 65.6 cm³/mol. The number of ketones is 1. The van der Waals surface area contributed by atoms with E-state index in [-0.39, 0.29) is 11.1 Å². The van der Waals surface area contributed by atoms with E-state index < -0.39 is 12.2 Å². The van der Waals surface area contributed by atoms with Crippen molar-refractivity contribution in [3.05, 3.63) is 29.3 Å². The highest BCUT2D eigenvalue weighted by Gasteiger charge is 2.19. The first-order chi connectivity index (χ1) is 7.47. The fraction of sp³-hybridized carbons (Fsp3) is 0.364. The van der Waals surface area contributed by atoms with E-state index in [1.54, 1.807) is 12.1 Å². The van der Waals surface area contributed by atoms with Crippen LogP contribution in [0.15, 0.2) is 18.2 Å². The number of halogens is 1. The monoisotopic (exact) mass is 287 g/mol. The molecular weight excluding hydrogens is 274 g/mol. The molecule has 2 atom stereocenters. The number of nitrogens with two attached hydrogens (primary N) is 1. The summed E-state index contributed by atoms with van der Waals surface area (Å²) in [6, 6.07) is 4.64. The molecular formula is C11H14BrNO3. The SMILES string of the molecule is CC(=O)c1ccc(C(O)C(O)CBr)c(N)c1. The normalized spacial score (nSPS) is 14.5. The van der Waals surface area contributed by atoms with Crippen LogP contribution in [0, 0.1) is 0 Å². The van der Waals surface area contributed by atoms with Crippen LogP contribution in [0.4, 0.5) is 5.69 Å². The molecule has 4 N–H and O–H groups in total. The third-order valence-electron chi connectivity index (χ3n) is 2.33. The number of anilines is 1. The molecule has 0 amide bonds. The summed E-state index contributed by atoms with van der Waals surface area (Å²) >= 11 is 3.07. The number of hydrogen-bond acceptors (Lipinski definition) is 4. The Balaban J connectivity index is 3.03. The Hall–Kier alpha value is -0.910. The summed E-state index contributed by atoms with van der Waals surface area (Å²) in [7, 11) is 0. The van der Waals surface area contributed by atoms with Gasteiger partial charge in [0.2, 0.25) is 0 Å². The van der Waals surface area contributed by atoms with E-state index in [1.165, 1.54) is 13.0 Å². The Kier molecular flexibility index (Phi) is 4.46. The lowest BCUT2D eigenvalue weighted by Gasteiger charge is -2.18. The maximum absolute atomic E-state index is 11.1. The first kappa shape index (κ1) is 13.2. The molecule has 0 spiro atoms. The Morgan fingerprint density at radius 3 is 2.56 bits per heavy atom. The molecule has 88 valence electrons. The number of rotatable bonds is 4. The number of hydrogen-bond donors (Lipinski definition) is 3. The van der Waals surface area contributed by atoms with Gasteiger partial charge in [-0.05, 0) is 13.0 Å². The van der Waals surface area contributed by atoms with Gasteiger partial charge < -0.3 is 15.9 Å². The van der Waals surface area contributed by atoms with Crippen LogP contribution >= 0.6 is 15.9 Å². The van der Waals surface area contributed by atoms with Crippen LogP contribution in [-0.2, 0) is 0 Å². The van der Waals surface area contributed by atoms with E-state index in [1.807, 2.05) is 0 Å². The van der Waals surface area contributed by atoms with Gasteiger partial charge in [0.05, 0.1) is 6.10 Å². The molecule has 2 unspecified atom stereocenters. The third-order valence-corrected chi connectivity index (χ3v) is 3.00. The van der Waals surface area contributed by atoms with Crippen molar-refractivity contribution in [3.8, 4) is 0 Å². The zero-order valence-electron chi connectivity index (χ0n) is 8.85. The van der Waals surface area contributed by atoms with Gasteiger partial charge in [-0.25, -0.2) is 0 Å². The van der Waals surface area contributed by atoms with Gasteiger partial charge in [-0.1, -0.05) is 28.1 Å². The van der Waals surface area contributed by atoms with Crippen molar-refractivity contribution in [1.29, 1.82) is 0 Å². The molecule has 1 aromatic carbocycles. The molecule has 0 heterocycles. The van der Waals surface area contributed by atoms with Crippen molar-refractivity contribution in [2.75, 3.05) is 11.1 Å². The Labute approximate surface area is 102 Å². The molecule has 0 saturated heterocycles. The number of benzene rings is 1. The molecule has 0 fully saturated rings. The Bertz CT molecular complexity index is 395. The standard InChI is InChI=1S/C11H14BrNO3/c1-6(14)7-2-3-8(9(13)4-7)11(16)10(15)5-12/h2-4,10-11,15-16H,5,13H2,1H3. The van der Waals surface area contributed by atoms with Gasteiger partial charge in [0.25, 0.3) is 0 Å². The highest BCUT2D eigenvalue weighted by Crippen LogP contribution is 2.25. The second kappa shape index (κ2) is 5.43. The minimum absolute atomic E-state index is 0.0891. The lowest BCUT2D eigenvalue weighted by Crippen LogP contribution is -2.20. The molecule has 0 aliphatic heterocycles. The maximum atomic E-state index is 11.1. The number of aliphatic hydroxyl groups excluding tert-OH is 2. The molecule has 0 aliphatic carbocycles. The minimum atomic E-state index is -1.06. The van der Waals surface area contributed by atoms with Crippen LogP contribution in [0.5, 0.6) is 0 Å². The highest BCUT2D eigenvalue weighted by atomic mass is 79.9. The molecule has 0 bridgehead atoms. The van der Waals surface area contributed by atoms with Gasteiger partial charge in [0, 0.05) is 22.1 Å². The molecule has 16 heavy (non-hydrogen) atoms. The van der Waals surface area contributed by atoms with Crippen molar-refractivity contribution in [3.63, 3.8) is 0 Å². The van der Waals surface area contributed by atoms with Gasteiger partial charge in [-0.3, -0.25) is 4.79 Å². The molecule has 1 aromatic rings. The zero-order valence-corrected chi connectivity index (χ0v) is 10.4. The number of aliphatic hydroxyl groups is 2. The molecule has 0 aliphatic rings. The first-order valence-corrected chi connectivity index (χ1v) is 5.92. The first-order valence-electron chi connectivity index (χ1n) is 4.79. The van der Waals surface area contributed by atoms with E-state index in [2.05, 4.69) is 15.9 Å². The lowest BCUT2D eigenvalue weighted by atomic mass is 10.0. The Morgan fingerprint density at radius 1 is 1.50 bits per heavy atom. The van der Waals surface area contributed by atoms with Gasteiger partial charge in [0.1, 0.15) is 6.10 Å². The summed E-state index contributed by atoms with van der Waals surface area (Å²) in [5, 5.41) is 19.5. The topological polar surface area (TPSA) is 83.5 Å². The number of alkyl halides is 1.